The van der Waals surface area contributed by atoms with Crippen molar-refractivity contribution in [2.45, 2.75) is 46.1 Å². The normalized spacial score (nSPS) is 19.0. The average Bonchev–Trinajstić information content (AvgIpc) is 3.04. The summed E-state index contributed by atoms with van der Waals surface area (Å²) in [4.78, 5) is 14.8. The fourth-order valence-electron chi connectivity index (χ4n) is 3.10. The van der Waals surface area contributed by atoms with E-state index in [-0.39, 0.29) is 11.9 Å². The Balaban J connectivity index is 1.95. The van der Waals surface area contributed by atoms with Gasteiger partial charge in [-0.2, -0.15) is 5.10 Å². The number of hydrogen-bond acceptors (Lipinski definition) is 4. The number of nitrogens with zero attached hydrogens (tertiary/aromatic N) is 3. The van der Waals surface area contributed by atoms with Crippen LogP contribution in [0.15, 0.2) is 10.7 Å². The molecule has 0 aliphatic carbocycles. The minimum atomic E-state index is 0.00458. The Morgan fingerprint density at radius 1 is 1.38 bits per heavy atom. The molecule has 2 aromatic rings. The van der Waals surface area contributed by atoms with Crippen molar-refractivity contribution in [2.75, 3.05) is 6.54 Å². The molecule has 3 heterocycles. The van der Waals surface area contributed by atoms with Crippen molar-refractivity contribution in [2.24, 2.45) is 0 Å². The van der Waals surface area contributed by atoms with Crippen molar-refractivity contribution in [1.29, 1.82) is 0 Å². The van der Waals surface area contributed by atoms with Crippen LogP contribution in [0.5, 0.6) is 0 Å². The maximum absolute atomic E-state index is 12.9. The first-order chi connectivity index (χ1) is 10.1. The highest BCUT2D eigenvalue weighted by Gasteiger charge is 2.33. The van der Waals surface area contributed by atoms with E-state index in [9.17, 15) is 4.79 Å². The topological polar surface area (TPSA) is 75.0 Å². The standard InChI is InChI=1S/C15H20N4O2/c1-9-8-16-17-14(9)12-6-4-5-7-19(12)15(20)13-10(2)18-21-11(13)3/h8,12H,4-7H2,1-3H3,(H,16,17)/t12-/m1/s1. The Kier molecular flexibility index (Phi) is 3.53. The minimum absolute atomic E-state index is 0.00458. The zero-order chi connectivity index (χ0) is 15.0. The summed E-state index contributed by atoms with van der Waals surface area (Å²) in [5.41, 5.74) is 3.38. The molecule has 1 aliphatic rings. The van der Waals surface area contributed by atoms with E-state index in [1.807, 2.05) is 24.9 Å². The number of aryl methyl sites for hydroxylation is 3. The smallest absolute Gasteiger partial charge is 0.259 e. The SMILES string of the molecule is Cc1cn[nH]c1[C@H]1CCCCN1C(=O)c1c(C)noc1C. The molecule has 0 saturated carbocycles. The highest BCUT2D eigenvalue weighted by molar-refractivity contribution is 5.96. The van der Waals surface area contributed by atoms with Crippen molar-refractivity contribution in [1.82, 2.24) is 20.3 Å². The van der Waals surface area contributed by atoms with Crippen LogP contribution in [-0.2, 0) is 0 Å². The van der Waals surface area contributed by atoms with Gasteiger partial charge in [-0.15, -0.1) is 0 Å². The van der Waals surface area contributed by atoms with E-state index in [2.05, 4.69) is 15.4 Å². The number of hydrogen-bond donors (Lipinski definition) is 1. The molecule has 1 saturated heterocycles. The van der Waals surface area contributed by atoms with E-state index in [0.717, 1.165) is 37.1 Å². The van der Waals surface area contributed by atoms with Gasteiger partial charge in [0.05, 0.1) is 23.6 Å². The highest BCUT2D eigenvalue weighted by Crippen LogP contribution is 2.33. The minimum Gasteiger partial charge on any atom is -0.361 e. The van der Waals surface area contributed by atoms with E-state index in [1.54, 1.807) is 6.92 Å². The molecule has 1 amide bonds. The molecule has 0 radical (unpaired) electrons. The van der Waals surface area contributed by atoms with Crippen LogP contribution in [0.1, 0.15) is 58.4 Å². The summed E-state index contributed by atoms with van der Waals surface area (Å²) in [6, 6.07) is 0.0578. The lowest BCUT2D eigenvalue weighted by atomic mass is 9.96. The second kappa shape index (κ2) is 5.35. The van der Waals surface area contributed by atoms with Crippen molar-refractivity contribution >= 4 is 5.91 Å². The number of carbonyl (C=O) groups excluding carboxylic acids is 1. The van der Waals surface area contributed by atoms with Crippen LogP contribution in [0.4, 0.5) is 0 Å². The lowest BCUT2D eigenvalue weighted by Crippen LogP contribution is -2.39. The number of nitrogens with one attached hydrogen (secondary N) is 1. The summed E-state index contributed by atoms with van der Waals surface area (Å²) in [5, 5.41) is 11.0. The van der Waals surface area contributed by atoms with Gasteiger partial charge in [0.25, 0.3) is 5.91 Å². The average molecular weight is 288 g/mol. The first-order valence-corrected chi connectivity index (χ1v) is 7.33. The lowest BCUT2D eigenvalue weighted by Gasteiger charge is -2.35. The van der Waals surface area contributed by atoms with Crippen LogP contribution in [0.3, 0.4) is 0 Å². The van der Waals surface area contributed by atoms with E-state index >= 15 is 0 Å². The molecule has 0 unspecified atom stereocenters. The molecule has 1 atom stereocenters. The van der Waals surface area contributed by atoms with Gasteiger partial charge < -0.3 is 9.42 Å². The first kappa shape index (κ1) is 13.9. The number of rotatable bonds is 2. The maximum Gasteiger partial charge on any atom is 0.259 e. The van der Waals surface area contributed by atoms with Gasteiger partial charge in [0.1, 0.15) is 11.3 Å². The van der Waals surface area contributed by atoms with Gasteiger partial charge in [0.15, 0.2) is 0 Å². The molecular formula is C15H20N4O2. The molecule has 1 aliphatic heterocycles. The molecule has 0 spiro atoms. The number of amides is 1. The molecule has 1 N–H and O–H groups in total. The maximum atomic E-state index is 12.9. The van der Waals surface area contributed by atoms with E-state index < -0.39 is 0 Å². The van der Waals surface area contributed by atoms with Crippen molar-refractivity contribution in [3.05, 3.63) is 34.5 Å². The van der Waals surface area contributed by atoms with Gasteiger partial charge in [0, 0.05) is 6.54 Å². The van der Waals surface area contributed by atoms with Gasteiger partial charge in [0.2, 0.25) is 0 Å². The third-order valence-electron chi connectivity index (χ3n) is 4.21. The number of aromatic amines is 1. The molecule has 3 rings (SSSR count). The molecule has 21 heavy (non-hydrogen) atoms. The summed E-state index contributed by atoms with van der Waals surface area (Å²) in [5.74, 6) is 0.591. The predicted octanol–water partition coefficient (Wildman–Crippen LogP) is 2.69. The largest absolute Gasteiger partial charge is 0.361 e. The number of H-pyrrole nitrogens is 1. The van der Waals surface area contributed by atoms with Crippen molar-refractivity contribution < 1.29 is 9.32 Å². The fraction of sp³-hybridized carbons (Fsp3) is 0.533. The molecule has 6 heteroatoms. The summed E-state index contributed by atoms with van der Waals surface area (Å²) in [6.45, 7) is 6.37. The Morgan fingerprint density at radius 2 is 2.19 bits per heavy atom. The zero-order valence-corrected chi connectivity index (χ0v) is 12.6. The molecule has 112 valence electrons. The van der Waals surface area contributed by atoms with Crippen LogP contribution in [0.2, 0.25) is 0 Å². The monoisotopic (exact) mass is 288 g/mol. The van der Waals surface area contributed by atoms with Gasteiger partial charge in [-0.1, -0.05) is 5.16 Å². The van der Waals surface area contributed by atoms with Crippen molar-refractivity contribution in [3.8, 4) is 0 Å². The van der Waals surface area contributed by atoms with E-state index in [4.69, 9.17) is 4.52 Å². The third-order valence-corrected chi connectivity index (χ3v) is 4.21. The molecule has 0 bridgehead atoms. The Hall–Kier alpha value is -2.11. The van der Waals surface area contributed by atoms with Crippen LogP contribution in [0, 0.1) is 20.8 Å². The molecule has 2 aromatic heterocycles. The van der Waals surface area contributed by atoms with Crippen molar-refractivity contribution in [3.63, 3.8) is 0 Å². The zero-order valence-electron chi connectivity index (χ0n) is 12.6. The summed E-state index contributed by atoms with van der Waals surface area (Å²) in [7, 11) is 0. The summed E-state index contributed by atoms with van der Waals surface area (Å²) in [6.07, 6.45) is 4.91. The highest BCUT2D eigenvalue weighted by atomic mass is 16.5. The fourth-order valence-corrected chi connectivity index (χ4v) is 3.10. The number of piperidine rings is 1. The van der Waals surface area contributed by atoms with Gasteiger partial charge in [-0.25, -0.2) is 0 Å². The molecule has 1 fully saturated rings. The van der Waals surface area contributed by atoms with Crippen LogP contribution < -0.4 is 0 Å². The third kappa shape index (κ3) is 2.34. The number of likely N-dealkylation sites (tertiary alicyclic amines) is 1. The Morgan fingerprint density at radius 3 is 2.81 bits per heavy atom. The molecular weight excluding hydrogens is 268 g/mol. The van der Waals surface area contributed by atoms with E-state index in [0.29, 0.717) is 17.0 Å². The van der Waals surface area contributed by atoms with Gasteiger partial charge in [-0.05, 0) is 45.6 Å². The van der Waals surface area contributed by atoms with E-state index in [1.165, 1.54) is 0 Å². The Bertz CT molecular complexity index is 639. The first-order valence-electron chi connectivity index (χ1n) is 7.33. The quantitative estimate of drug-likeness (QED) is 0.922. The summed E-state index contributed by atoms with van der Waals surface area (Å²) >= 11 is 0. The van der Waals surface area contributed by atoms with Crippen LogP contribution in [-0.4, -0.2) is 32.7 Å². The molecule has 6 nitrogen and oxygen atoms in total. The number of aromatic nitrogens is 3. The second-order valence-electron chi connectivity index (χ2n) is 5.68. The predicted molar refractivity (Wildman–Crippen MR) is 76.9 cm³/mol. The Labute approximate surface area is 123 Å². The van der Waals surface area contributed by atoms with Gasteiger partial charge >= 0.3 is 0 Å². The number of carbonyl (C=O) groups is 1. The molecule has 0 aromatic carbocycles. The van der Waals surface area contributed by atoms with Gasteiger partial charge in [-0.3, -0.25) is 9.89 Å². The van der Waals surface area contributed by atoms with Crippen LogP contribution >= 0.6 is 0 Å². The second-order valence-corrected chi connectivity index (χ2v) is 5.68. The lowest BCUT2D eigenvalue weighted by molar-refractivity contribution is 0.0603. The summed E-state index contributed by atoms with van der Waals surface area (Å²) < 4.78 is 5.14. The van der Waals surface area contributed by atoms with Crippen LogP contribution in [0.25, 0.3) is 0 Å².